The summed E-state index contributed by atoms with van der Waals surface area (Å²) in [7, 11) is 1.63. The number of hydrogen-bond donors (Lipinski definition) is 2. The maximum atomic E-state index is 14.2. The van der Waals surface area contributed by atoms with E-state index in [0.717, 1.165) is 60.5 Å². The Labute approximate surface area is 295 Å². The highest BCUT2D eigenvalue weighted by Crippen LogP contribution is 2.49. The molecule has 4 aromatic carbocycles. The number of imidazole rings is 1. The van der Waals surface area contributed by atoms with Crippen LogP contribution in [0.1, 0.15) is 66.0 Å². The summed E-state index contributed by atoms with van der Waals surface area (Å²) in [5, 5.41) is 13.6. The lowest BCUT2D eigenvalue weighted by atomic mass is 9.94. The van der Waals surface area contributed by atoms with E-state index in [9.17, 15) is 14.7 Å². The number of benzene rings is 4. The Balaban J connectivity index is 1.31. The van der Waals surface area contributed by atoms with Crippen LogP contribution >= 0.6 is 23.2 Å². The van der Waals surface area contributed by atoms with E-state index in [0.29, 0.717) is 33.7 Å². The monoisotopic (exact) mass is 697 g/mol. The van der Waals surface area contributed by atoms with E-state index >= 15 is 0 Å². The number of ether oxygens (including phenoxy) is 2. The molecule has 8 nitrogen and oxygen atoms in total. The molecule has 0 radical (unpaired) electrons. The number of hydrogen-bond acceptors (Lipinski definition) is 5. The number of carbonyl (C=O) groups excluding carboxylic acids is 1. The van der Waals surface area contributed by atoms with E-state index in [-0.39, 0.29) is 11.5 Å². The largest absolute Gasteiger partial charge is 0.497 e. The number of nitrogens with zero attached hydrogens (tertiary/aromatic N) is 2. The van der Waals surface area contributed by atoms with Gasteiger partial charge in [0.05, 0.1) is 34.8 Å². The predicted molar refractivity (Wildman–Crippen MR) is 191 cm³/mol. The second-order valence-electron chi connectivity index (χ2n) is 12.3. The first-order valence-electron chi connectivity index (χ1n) is 16.3. The average molecular weight is 699 g/mol. The highest BCUT2D eigenvalue weighted by molar-refractivity contribution is 6.36. The normalized spacial score (nSPS) is 13.8. The molecule has 1 saturated carbocycles. The van der Waals surface area contributed by atoms with Crippen molar-refractivity contribution in [1.82, 2.24) is 14.9 Å². The Morgan fingerprint density at radius 3 is 2.18 bits per heavy atom. The van der Waals surface area contributed by atoms with Crippen molar-refractivity contribution in [1.29, 1.82) is 0 Å². The number of unbranched alkanes of at least 4 members (excludes halogenated alkanes) is 1. The third-order valence-electron chi connectivity index (χ3n) is 8.91. The highest BCUT2D eigenvalue weighted by atomic mass is 35.5. The third kappa shape index (κ3) is 7.77. The Hall–Kier alpha value is -4.79. The lowest BCUT2D eigenvalue weighted by molar-refractivity contribution is -0.124. The summed E-state index contributed by atoms with van der Waals surface area (Å²) in [6.45, 7) is 2.87. The van der Waals surface area contributed by atoms with E-state index in [2.05, 4.69) is 16.8 Å². The Kier molecular flexibility index (Phi) is 10.3. The van der Waals surface area contributed by atoms with Crippen molar-refractivity contribution in [2.24, 2.45) is 0 Å². The van der Waals surface area contributed by atoms with Gasteiger partial charge in [0.2, 0.25) is 5.91 Å². The van der Waals surface area contributed by atoms with Crippen LogP contribution in [0.15, 0.2) is 97.2 Å². The second kappa shape index (κ2) is 14.8. The molecule has 0 aliphatic heterocycles. The number of aryl methyl sites for hydroxylation is 1. The molecule has 49 heavy (non-hydrogen) atoms. The van der Waals surface area contributed by atoms with Crippen LogP contribution in [0.5, 0.6) is 17.2 Å². The van der Waals surface area contributed by atoms with Crippen LogP contribution < -0.4 is 14.8 Å². The third-order valence-corrected chi connectivity index (χ3v) is 9.46. The number of carboxylic acid groups (broad SMARTS) is 1. The lowest BCUT2D eigenvalue weighted by Gasteiger charge is -2.24. The quantitative estimate of drug-likeness (QED) is 0.120. The average Bonchev–Trinajstić information content (AvgIpc) is 3.82. The van der Waals surface area contributed by atoms with Crippen molar-refractivity contribution in [3.05, 3.63) is 130 Å². The lowest BCUT2D eigenvalue weighted by Crippen LogP contribution is -2.39. The maximum absolute atomic E-state index is 14.2. The van der Waals surface area contributed by atoms with Gasteiger partial charge in [0.1, 0.15) is 23.1 Å². The van der Waals surface area contributed by atoms with Crippen LogP contribution in [0.2, 0.25) is 10.0 Å². The van der Waals surface area contributed by atoms with Gasteiger partial charge in [0.15, 0.2) is 0 Å². The molecule has 0 spiro atoms. The SMILES string of the molecule is CCCCn1cc(-c2ccc(Cl)cc2Cl)nc1[C@H](Cc1ccc(Oc2ccc(C(=O)O)cc2)cc1)NC(=O)C1(c2ccc(OC)cc2)CC1. The number of halogens is 2. The molecule has 2 N–H and O–H groups in total. The zero-order valence-electron chi connectivity index (χ0n) is 27.3. The van der Waals surface area contributed by atoms with Crippen LogP contribution in [-0.2, 0) is 23.2 Å². The Morgan fingerprint density at radius 2 is 1.59 bits per heavy atom. The van der Waals surface area contributed by atoms with E-state index in [4.69, 9.17) is 37.7 Å². The second-order valence-corrected chi connectivity index (χ2v) is 13.1. The van der Waals surface area contributed by atoms with Gasteiger partial charge < -0.3 is 24.5 Å². The molecule has 252 valence electrons. The van der Waals surface area contributed by atoms with E-state index in [1.807, 2.05) is 60.8 Å². The fourth-order valence-electron chi connectivity index (χ4n) is 5.96. The van der Waals surface area contributed by atoms with Crippen molar-refractivity contribution >= 4 is 35.1 Å². The first-order valence-corrected chi connectivity index (χ1v) is 17.0. The number of carboxylic acids is 1. The summed E-state index contributed by atoms with van der Waals surface area (Å²) in [5.41, 5.74) is 2.99. The molecule has 1 aliphatic carbocycles. The summed E-state index contributed by atoms with van der Waals surface area (Å²) in [4.78, 5) is 30.5. The smallest absolute Gasteiger partial charge is 0.335 e. The van der Waals surface area contributed by atoms with Crippen LogP contribution in [-0.4, -0.2) is 33.6 Å². The first-order chi connectivity index (χ1) is 23.7. The summed E-state index contributed by atoms with van der Waals surface area (Å²) < 4.78 is 13.4. The van der Waals surface area contributed by atoms with Crippen LogP contribution in [0.4, 0.5) is 0 Å². The number of methoxy groups -OCH3 is 1. The van der Waals surface area contributed by atoms with Gasteiger partial charge in [-0.15, -0.1) is 0 Å². The Morgan fingerprint density at radius 1 is 0.939 bits per heavy atom. The van der Waals surface area contributed by atoms with E-state index in [1.165, 1.54) is 12.1 Å². The minimum Gasteiger partial charge on any atom is -0.497 e. The van der Waals surface area contributed by atoms with Crippen molar-refractivity contribution in [2.45, 2.75) is 57.0 Å². The number of carbonyl (C=O) groups is 2. The Bertz CT molecular complexity index is 1940. The van der Waals surface area contributed by atoms with Gasteiger partial charge in [-0.3, -0.25) is 4.79 Å². The van der Waals surface area contributed by atoms with Crippen molar-refractivity contribution in [3.8, 4) is 28.5 Å². The fourth-order valence-corrected chi connectivity index (χ4v) is 6.46. The number of aromatic nitrogens is 2. The van der Waals surface area contributed by atoms with Crippen molar-refractivity contribution in [3.63, 3.8) is 0 Å². The molecule has 1 aliphatic rings. The molecule has 0 unspecified atom stereocenters. The van der Waals surface area contributed by atoms with Gasteiger partial charge in [0, 0.05) is 23.3 Å². The summed E-state index contributed by atoms with van der Waals surface area (Å²) in [6, 6.07) is 26.6. The standard InChI is InChI=1S/C39H37Cl2N3O5/c1-3-4-21-44-24-35(32-18-11-28(40)23-33(32)41)42-36(44)34(43-38(47)39(19-20-39)27-9-16-29(48-2)17-10-27)22-25-5-12-30(13-6-25)49-31-14-7-26(8-15-31)37(45)46/h5-18,23-24,34H,3-4,19-22H2,1-2H3,(H,43,47)(H,45,46)/t34-/m0/s1. The molecule has 1 fully saturated rings. The number of nitrogens with one attached hydrogen (secondary N) is 1. The van der Waals surface area contributed by atoms with E-state index in [1.54, 1.807) is 31.4 Å². The van der Waals surface area contributed by atoms with Crippen LogP contribution in [0, 0.1) is 0 Å². The molecule has 1 atom stereocenters. The van der Waals surface area contributed by atoms with E-state index < -0.39 is 17.4 Å². The van der Waals surface area contributed by atoms with Gasteiger partial charge >= 0.3 is 5.97 Å². The molecule has 6 rings (SSSR count). The van der Waals surface area contributed by atoms with Gasteiger partial charge in [-0.2, -0.15) is 0 Å². The summed E-state index contributed by atoms with van der Waals surface area (Å²) in [5.74, 6) is 1.59. The zero-order chi connectivity index (χ0) is 34.5. The van der Waals surface area contributed by atoms with Crippen molar-refractivity contribution in [2.75, 3.05) is 7.11 Å². The minimum atomic E-state index is -0.993. The molecule has 1 amide bonds. The van der Waals surface area contributed by atoms with Gasteiger partial charge in [-0.25, -0.2) is 9.78 Å². The molecule has 0 bridgehead atoms. The molecule has 1 heterocycles. The topological polar surface area (TPSA) is 103 Å². The summed E-state index contributed by atoms with van der Waals surface area (Å²) >= 11 is 12.8. The van der Waals surface area contributed by atoms with Gasteiger partial charge in [-0.05, 0) is 104 Å². The van der Waals surface area contributed by atoms with Crippen molar-refractivity contribution < 1.29 is 24.2 Å². The summed E-state index contributed by atoms with van der Waals surface area (Å²) in [6.07, 6.45) is 5.93. The minimum absolute atomic E-state index is 0.0384. The van der Waals surface area contributed by atoms with Gasteiger partial charge in [0.25, 0.3) is 0 Å². The highest BCUT2D eigenvalue weighted by Gasteiger charge is 2.51. The predicted octanol–water partition coefficient (Wildman–Crippen LogP) is 9.29. The molecule has 10 heteroatoms. The number of rotatable bonds is 14. The molecular weight excluding hydrogens is 661 g/mol. The number of aromatic carboxylic acids is 1. The number of amides is 1. The molecule has 5 aromatic rings. The maximum Gasteiger partial charge on any atom is 0.335 e. The van der Waals surface area contributed by atoms with Crippen LogP contribution in [0.3, 0.4) is 0 Å². The molecule has 1 aromatic heterocycles. The molecule has 0 saturated heterocycles. The molecular formula is C39H37Cl2N3O5. The first kappa shape index (κ1) is 34.1. The van der Waals surface area contributed by atoms with Gasteiger partial charge in [-0.1, -0.05) is 60.8 Å². The zero-order valence-corrected chi connectivity index (χ0v) is 28.8. The van der Waals surface area contributed by atoms with Crippen LogP contribution in [0.25, 0.3) is 11.3 Å². The fraction of sp³-hybridized carbons (Fsp3) is 0.256.